The molecule has 0 aliphatic carbocycles. The number of aryl methyl sites for hydroxylation is 2. The normalized spacial score (nSPS) is 8.73. The van der Waals surface area contributed by atoms with Crippen LogP contribution < -0.4 is 10.6 Å². The summed E-state index contributed by atoms with van der Waals surface area (Å²) >= 11 is 0. The molecule has 160 valence electrons. The van der Waals surface area contributed by atoms with Crippen LogP contribution in [0.3, 0.4) is 0 Å². The van der Waals surface area contributed by atoms with Gasteiger partial charge >= 0.3 is 0 Å². The smallest absolute Gasteiger partial charge is 0.300 e. The van der Waals surface area contributed by atoms with Crippen molar-refractivity contribution in [1.29, 1.82) is 0 Å². The van der Waals surface area contributed by atoms with E-state index in [1.54, 1.807) is 6.92 Å². The van der Waals surface area contributed by atoms with Crippen molar-refractivity contribution in [2.45, 2.75) is 54.4 Å². The maximum Gasteiger partial charge on any atom is 0.300 e. The molecule has 0 spiro atoms. The third-order valence-corrected chi connectivity index (χ3v) is 4.09. The van der Waals surface area contributed by atoms with Crippen LogP contribution in [0.15, 0.2) is 55.1 Å². The fourth-order valence-corrected chi connectivity index (χ4v) is 2.69. The van der Waals surface area contributed by atoms with Gasteiger partial charge in [-0.05, 0) is 67.5 Å². The summed E-state index contributed by atoms with van der Waals surface area (Å²) < 4.78 is 0. The van der Waals surface area contributed by atoms with Gasteiger partial charge in [0.25, 0.3) is 5.91 Å². The molecule has 2 rings (SSSR count). The highest BCUT2D eigenvalue weighted by Crippen LogP contribution is 2.19. The fourth-order valence-electron chi connectivity index (χ4n) is 2.69. The van der Waals surface area contributed by atoms with Crippen molar-refractivity contribution in [2.24, 2.45) is 0 Å². The number of carbonyl (C=O) groups excluding carboxylic acids is 2. The number of carbonyl (C=O) groups is 2. The Balaban J connectivity index is 0.000000518. The lowest BCUT2D eigenvalue weighted by Crippen LogP contribution is -2.09. The van der Waals surface area contributed by atoms with E-state index in [1.807, 2.05) is 63.2 Å². The standard InChI is InChI=1S/C12H15NO.C12H13NO.C2H6/c1-4-10-9(3)7-6-8-11(10)13-12(14)5-2;1-3-7-12(14)13-11-9-6-5-8-10(11)4-2;1-2/h5-8H,2,4H2,1,3H3,(H,13,14);5-6,8-9H,4H2,1-2H3,(H,13,14);1-2H3. The second kappa shape index (κ2) is 15.6. The zero-order valence-electron chi connectivity index (χ0n) is 19.1. The van der Waals surface area contributed by atoms with Crippen molar-refractivity contribution in [1.82, 2.24) is 0 Å². The minimum atomic E-state index is -0.256. The average Bonchev–Trinajstić information content (AvgIpc) is 2.76. The molecule has 0 atom stereocenters. The molecular formula is C26H34N2O2. The van der Waals surface area contributed by atoms with Gasteiger partial charge in [-0.15, -0.1) is 0 Å². The lowest BCUT2D eigenvalue weighted by molar-refractivity contribution is -0.112. The molecular weight excluding hydrogens is 372 g/mol. The number of benzene rings is 2. The molecule has 0 aliphatic heterocycles. The monoisotopic (exact) mass is 406 g/mol. The first-order valence-corrected chi connectivity index (χ1v) is 10.3. The zero-order valence-corrected chi connectivity index (χ0v) is 19.1. The lowest BCUT2D eigenvalue weighted by Gasteiger charge is -2.10. The van der Waals surface area contributed by atoms with Crippen molar-refractivity contribution in [2.75, 3.05) is 10.6 Å². The van der Waals surface area contributed by atoms with Crippen molar-refractivity contribution < 1.29 is 9.59 Å². The molecule has 0 aromatic heterocycles. The maximum absolute atomic E-state index is 11.2. The first kappa shape index (κ1) is 26.7. The van der Waals surface area contributed by atoms with Gasteiger partial charge in [0.15, 0.2) is 0 Å². The number of rotatable bonds is 5. The molecule has 2 aromatic carbocycles. The van der Waals surface area contributed by atoms with Crippen molar-refractivity contribution >= 4 is 23.2 Å². The molecule has 2 aromatic rings. The molecule has 0 fully saturated rings. The summed E-state index contributed by atoms with van der Waals surface area (Å²) in [4.78, 5) is 22.3. The summed E-state index contributed by atoms with van der Waals surface area (Å²) in [6.07, 6.45) is 3.09. The Bertz CT molecular complexity index is 889. The van der Waals surface area contributed by atoms with Gasteiger partial charge in [-0.3, -0.25) is 9.59 Å². The Morgan fingerprint density at radius 3 is 2.17 bits per heavy atom. The van der Waals surface area contributed by atoms with Crippen LogP contribution in [0, 0.1) is 18.8 Å². The van der Waals surface area contributed by atoms with Crippen LogP contribution in [0.2, 0.25) is 0 Å². The molecule has 0 aliphatic rings. The molecule has 0 radical (unpaired) electrons. The third kappa shape index (κ3) is 9.25. The first-order chi connectivity index (χ1) is 14.5. The van der Waals surface area contributed by atoms with Gasteiger partial charge in [-0.2, -0.15) is 0 Å². The minimum absolute atomic E-state index is 0.162. The summed E-state index contributed by atoms with van der Waals surface area (Å²) in [5, 5.41) is 5.54. The largest absolute Gasteiger partial charge is 0.322 e. The van der Waals surface area contributed by atoms with Gasteiger partial charge in [0, 0.05) is 11.4 Å². The predicted molar refractivity (Wildman–Crippen MR) is 129 cm³/mol. The highest BCUT2D eigenvalue weighted by atomic mass is 16.2. The van der Waals surface area contributed by atoms with E-state index in [0.29, 0.717) is 0 Å². The van der Waals surface area contributed by atoms with Gasteiger partial charge in [-0.25, -0.2) is 0 Å². The highest BCUT2D eigenvalue weighted by molar-refractivity contribution is 6.04. The predicted octanol–water partition coefficient (Wildman–Crippen LogP) is 5.92. The summed E-state index contributed by atoms with van der Waals surface area (Å²) in [5.41, 5.74) is 5.25. The Labute approximate surface area is 181 Å². The van der Waals surface area contributed by atoms with E-state index >= 15 is 0 Å². The van der Waals surface area contributed by atoms with Crippen LogP contribution in [-0.4, -0.2) is 11.8 Å². The van der Waals surface area contributed by atoms with Gasteiger partial charge in [0.1, 0.15) is 0 Å². The van der Waals surface area contributed by atoms with Crippen LogP contribution >= 0.6 is 0 Å². The van der Waals surface area contributed by atoms with E-state index in [2.05, 4.69) is 42.9 Å². The summed E-state index contributed by atoms with van der Waals surface area (Å²) in [5.74, 6) is 4.59. The van der Waals surface area contributed by atoms with E-state index in [1.165, 1.54) is 17.2 Å². The summed E-state index contributed by atoms with van der Waals surface area (Å²) in [6, 6.07) is 13.6. The molecule has 0 bridgehead atoms. The molecule has 4 nitrogen and oxygen atoms in total. The molecule has 0 heterocycles. The third-order valence-electron chi connectivity index (χ3n) is 4.09. The van der Waals surface area contributed by atoms with E-state index in [4.69, 9.17) is 0 Å². The number of hydrogen-bond donors (Lipinski definition) is 2. The van der Waals surface area contributed by atoms with Gasteiger partial charge in [0.05, 0.1) is 0 Å². The number of nitrogens with one attached hydrogen (secondary N) is 2. The second-order valence-corrected chi connectivity index (χ2v) is 5.99. The van der Waals surface area contributed by atoms with Crippen molar-refractivity contribution in [3.05, 3.63) is 71.8 Å². The van der Waals surface area contributed by atoms with Crippen molar-refractivity contribution in [3.63, 3.8) is 0 Å². The van der Waals surface area contributed by atoms with E-state index in [0.717, 1.165) is 29.8 Å². The van der Waals surface area contributed by atoms with Crippen LogP contribution in [-0.2, 0) is 22.4 Å². The van der Waals surface area contributed by atoms with E-state index < -0.39 is 0 Å². The summed E-state index contributed by atoms with van der Waals surface area (Å²) in [6.45, 7) is 15.2. The maximum atomic E-state index is 11.2. The number of anilines is 2. The average molecular weight is 407 g/mol. The van der Waals surface area contributed by atoms with Crippen LogP contribution in [0.1, 0.15) is 51.3 Å². The Hall–Kier alpha value is -3.32. The molecule has 0 unspecified atom stereocenters. The minimum Gasteiger partial charge on any atom is -0.322 e. The zero-order chi connectivity index (χ0) is 22.9. The van der Waals surface area contributed by atoms with Crippen LogP contribution in [0.25, 0.3) is 0 Å². The molecule has 2 N–H and O–H groups in total. The SMILES string of the molecule is C=CC(=O)Nc1cccc(C)c1CC.CC.CC#CC(=O)Nc1ccccc1CC. The number of para-hydroxylation sites is 1. The topological polar surface area (TPSA) is 58.2 Å². The second-order valence-electron chi connectivity index (χ2n) is 5.99. The molecule has 4 heteroatoms. The van der Waals surface area contributed by atoms with Gasteiger partial charge < -0.3 is 10.6 Å². The van der Waals surface area contributed by atoms with Crippen LogP contribution in [0.5, 0.6) is 0 Å². The number of amides is 2. The Kier molecular flexibility index (Phi) is 13.9. The lowest BCUT2D eigenvalue weighted by atomic mass is 10.0. The number of hydrogen-bond acceptors (Lipinski definition) is 2. The summed E-state index contributed by atoms with van der Waals surface area (Å²) in [7, 11) is 0. The molecule has 30 heavy (non-hydrogen) atoms. The first-order valence-electron chi connectivity index (χ1n) is 10.3. The molecule has 0 saturated heterocycles. The quantitative estimate of drug-likeness (QED) is 0.478. The van der Waals surface area contributed by atoms with Crippen molar-refractivity contribution in [3.8, 4) is 11.8 Å². The highest BCUT2D eigenvalue weighted by Gasteiger charge is 2.04. The van der Waals surface area contributed by atoms with Crippen LogP contribution in [0.4, 0.5) is 11.4 Å². The van der Waals surface area contributed by atoms with Gasteiger partial charge in [-0.1, -0.05) is 70.5 Å². The van der Waals surface area contributed by atoms with E-state index in [9.17, 15) is 9.59 Å². The van der Waals surface area contributed by atoms with E-state index in [-0.39, 0.29) is 11.8 Å². The fraction of sp³-hybridized carbons (Fsp3) is 0.308. The molecule has 0 saturated carbocycles. The Morgan fingerprint density at radius 2 is 1.60 bits per heavy atom. The van der Waals surface area contributed by atoms with Gasteiger partial charge in [0.2, 0.25) is 5.91 Å². The molecule has 2 amide bonds. The Morgan fingerprint density at radius 1 is 0.967 bits per heavy atom.